The van der Waals surface area contributed by atoms with Crippen LogP contribution in [0, 0.1) is 6.92 Å². The molecule has 0 saturated heterocycles. The van der Waals surface area contributed by atoms with Crippen LogP contribution in [0.25, 0.3) is 0 Å². The maximum absolute atomic E-state index is 12.4. The molecule has 0 aliphatic heterocycles. The maximum atomic E-state index is 12.4. The van der Waals surface area contributed by atoms with Gasteiger partial charge in [-0.15, -0.1) is 0 Å². The van der Waals surface area contributed by atoms with Crippen molar-refractivity contribution in [2.75, 3.05) is 13.2 Å². The van der Waals surface area contributed by atoms with Crippen molar-refractivity contribution in [3.63, 3.8) is 0 Å². The summed E-state index contributed by atoms with van der Waals surface area (Å²) >= 11 is 0. The Bertz CT molecular complexity index is 462. The number of hydrogen-bond donors (Lipinski definition) is 2. The number of aliphatic hydroxyl groups is 1. The van der Waals surface area contributed by atoms with E-state index in [1.165, 1.54) is 0 Å². The molecule has 4 nitrogen and oxygen atoms in total. The lowest BCUT2D eigenvalue weighted by molar-refractivity contribution is -0.150. The fraction of sp³-hybridized carbons (Fsp3) is 0.632. The van der Waals surface area contributed by atoms with Crippen molar-refractivity contribution in [3.05, 3.63) is 35.4 Å². The Morgan fingerprint density at radius 1 is 1.39 bits per heavy atom. The number of aryl methyl sites for hydroxylation is 1. The molecule has 0 aliphatic rings. The quantitative estimate of drug-likeness (QED) is 0.720. The van der Waals surface area contributed by atoms with Crippen molar-refractivity contribution >= 4 is 5.97 Å². The molecule has 2 unspecified atom stereocenters. The van der Waals surface area contributed by atoms with E-state index in [9.17, 15) is 9.90 Å². The second kappa shape index (κ2) is 11.2. The third-order valence-corrected chi connectivity index (χ3v) is 3.87. The molecule has 0 spiro atoms. The van der Waals surface area contributed by atoms with Gasteiger partial charge in [0.05, 0.1) is 18.1 Å². The van der Waals surface area contributed by atoms with E-state index in [1.54, 1.807) is 0 Å². The number of hydrogen-bond acceptors (Lipinski definition) is 4. The second-order valence-electron chi connectivity index (χ2n) is 5.70. The summed E-state index contributed by atoms with van der Waals surface area (Å²) in [5, 5.41) is 9.57. The molecule has 0 fully saturated rings. The van der Waals surface area contributed by atoms with Crippen LogP contribution in [0.1, 0.15) is 58.1 Å². The number of rotatable bonds is 8. The van der Waals surface area contributed by atoms with Gasteiger partial charge < -0.3 is 15.6 Å². The standard InChI is InChI=1S/C17H27NO3.C2H6/c1-4-21-16(20)17(3,10-6-9-15(19)12-18)14-8-5-7-13(2)11-14;1-2/h5,7-8,11,15,19H,4,6,9-10,12,18H2,1-3H3;1-2H3. The van der Waals surface area contributed by atoms with Crippen LogP contribution in [0.3, 0.4) is 0 Å². The fourth-order valence-corrected chi connectivity index (χ4v) is 2.45. The zero-order valence-corrected chi connectivity index (χ0v) is 15.3. The summed E-state index contributed by atoms with van der Waals surface area (Å²) in [6, 6.07) is 7.95. The molecule has 3 N–H and O–H groups in total. The molecule has 0 aromatic heterocycles. The Balaban J connectivity index is 0.00000232. The largest absolute Gasteiger partial charge is 0.465 e. The molecule has 0 bridgehead atoms. The number of aliphatic hydroxyl groups excluding tert-OH is 1. The highest BCUT2D eigenvalue weighted by Gasteiger charge is 2.36. The lowest BCUT2D eigenvalue weighted by Crippen LogP contribution is -2.35. The Morgan fingerprint density at radius 2 is 2.04 bits per heavy atom. The van der Waals surface area contributed by atoms with Crippen molar-refractivity contribution in [1.29, 1.82) is 0 Å². The predicted octanol–water partition coefficient (Wildman–Crippen LogP) is 3.33. The van der Waals surface area contributed by atoms with E-state index in [-0.39, 0.29) is 12.5 Å². The molecular weight excluding hydrogens is 290 g/mol. The van der Waals surface area contributed by atoms with E-state index in [2.05, 4.69) is 0 Å². The summed E-state index contributed by atoms with van der Waals surface area (Å²) in [5.41, 5.74) is 6.81. The Labute approximate surface area is 141 Å². The van der Waals surface area contributed by atoms with Crippen LogP contribution in [-0.2, 0) is 14.9 Å². The summed E-state index contributed by atoms with van der Waals surface area (Å²) < 4.78 is 5.26. The number of carbonyl (C=O) groups is 1. The SMILES string of the molecule is CC.CCOC(=O)C(C)(CCCC(O)CN)c1cccc(C)c1. The highest BCUT2D eigenvalue weighted by Crippen LogP contribution is 2.32. The first-order valence-electron chi connectivity index (χ1n) is 8.56. The van der Waals surface area contributed by atoms with Gasteiger partial charge in [0.15, 0.2) is 0 Å². The Kier molecular flexibility index (Phi) is 10.5. The predicted molar refractivity (Wildman–Crippen MR) is 95.4 cm³/mol. The smallest absolute Gasteiger partial charge is 0.316 e. The number of esters is 1. The molecule has 0 aliphatic carbocycles. The third-order valence-electron chi connectivity index (χ3n) is 3.87. The van der Waals surface area contributed by atoms with Crippen LogP contribution in [0.4, 0.5) is 0 Å². The van der Waals surface area contributed by atoms with Crippen molar-refractivity contribution in [3.8, 4) is 0 Å². The van der Waals surface area contributed by atoms with E-state index in [4.69, 9.17) is 10.5 Å². The van der Waals surface area contributed by atoms with Gasteiger partial charge in [0.1, 0.15) is 0 Å². The monoisotopic (exact) mass is 323 g/mol. The highest BCUT2D eigenvalue weighted by molar-refractivity contribution is 5.82. The lowest BCUT2D eigenvalue weighted by atomic mass is 9.77. The summed E-state index contributed by atoms with van der Waals surface area (Å²) in [7, 11) is 0. The molecule has 132 valence electrons. The number of nitrogens with two attached hydrogens (primary N) is 1. The number of benzene rings is 1. The zero-order valence-electron chi connectivity index (χ0n) is 15.3. The van der Waals surface area contributed by atoms with Gasteiger partial charge in [-0.1, -0.05) is 43.7 Å². The van der Waals surface area contributed by atoms with Crippen molar-refractivity contribution in [2.24, 2.45) is 5.73 Å². The average Bonchev–Trinajstić information content (AvgIpc) is 2.56. The first kappa shape index (κ1) is 21.6. The topological polar surface area (TPSA) is 72.5 Å². The Morgan fingerprint density at radius 3 is 2.57 bits per heavy atom. The van der Waals surface area contributed by atoms with Gasteiger partial charge in [-0.25, -0.2) is 0 Å². The zero-order chi connectivity index (χ0) is 17.9. The molecule has 23 heavy (non-hydrogen) atoms. The van der Waals surface area contributed by atoms with Crippen LogP contribution in [-0.4, -0.2) is 30.3 Å². The van der Waals surface area contributed by atoms with Crippen molar-refractivity contribution in [2.45, 2.75) is 65.4 Å². The minimum Gasteiger partial charge on any atom is -0.465 e. The van der Waals surface area contributed by atoms with Crippen molar-refractivity contribution in [1.82, 2.24) is 0 Å². The van der Waals surface area contributed by atoms with Crippen LogP contribution in [0.5, 0.6) is 0 Å². The maximum Gasteiger partial charge on any atom is 0.316 e. The van der Waals surface area contributed by atoms with Crippen LogP contribution in [0.15, 0.2) is 24.3 Å². The Hall–Kier alpha value is -1.39. The normalized spacial score (nSPS) is 14.2. The molecule has 1 aromatic carbocycles. The first-order valence-corrected chi connectivity index (χ1v) is 8.56. The first-order chi connectivity index (χ1) is 10.9. The molecule has 0 heterocycles. The average molecular weight is 323 g/mol. The third kappa shape index (κ3) is 6.71. The molecule has 1 aromatic rings. The molecule has 4 heteroatoms. The number of carbonyl (C=O) groups excluding carboxylic acids is 1. The minimum absolute atomic E-state index is 0.210. The molecular formula is C19H33NO3. The van der Waals surface area contributed by atoms with E-state index < -0.39 is 11.5 Å². The molecule has 2 atom stereocenters. The van der Waals surface area contributed by atoms with Crippen LogP contribution in [0.2, 0.25) is 0 Å². The van der Waals surface area contributed by atoms with Crippen LogP contribution < -0.4 is 5.73 Å². The second-order valence-corrected chi connectivity index (χ2v) is 5.70. The van der Waals surface area contributed by atoms with Gasteiger partial charge >= 0.3 is 5.97 Å². The van der Waals surface area contributed by atoms with Crippen molar-refractivity contribution < 1.29 is 14.6 Å². The number of ether oxygens (including phenoxy) is 1. The summed E-state index contributed by atoms with van der Waals surface area (Å²) in [5.74, 6) is -0.210. The van der Waals surface area contributed by atoms with Gasteiger partial charge in [-0.05, 0) is 45.6 Å². The summed E-state index contributed by atoms with van der Waals surface area (Å²) in [4.78, 5) is 12.4. The van der Waals surface area contributed by atoms with E-state index >= 15 is 0 Å². The van der Waals surface area contributed by atoms with Gasteiger partial charge in [0, 0.05) is 6.54 Å². The van der Waals surface area contributed by atoms with Gasteiger partial charge in [-0.3, -0.25) is 4.79 Å². The molecule has 0 saturated carbocycles. The van der Waals surface area contributed by atoms with E-state index in [0.717, 1.165) is 17.5 Å². The highest BCUT2D eigenvalue weighted by atomic mass is 16.5. The van der Waals surface area contributed by atoms with E-state index in [1.807, 2.05) is 58.9 Å². The molecule has 1 rings (SSSR count). The van der Waals surface area contributed by atoms with Gasteiger partial charge in [0.25, 0.3) is 0 Å². The van der Waals surface area contributed by atoms with Gasteiger partial charge in [-0.2, -0.15) is 0 Å². The molecule has 0 radical (unpaired) electrons. The summed E-state index contributed by atoms with van der Waals surface area (Å²) in [6.45, 7) is 10.3. The van der Waals surface area contributed by atoms with E-state index in [0.29, 0.717) is 19.4 Å². The van der Waals surface area contributed by atoms with Crippen LogP contribution >= 0.6 is 0 Å². The molecule has 0 amide bonds. The minimum atomic E-state index is -0.684. The summed E-state index contributed by atoms with van der Waals surface area (Å²) in [6.07, 6.45) is 1.44. The lowest BCUT2D eigenvalue weighted by Gasteiger charge is -2.28. The fourth-order valence-electron chi connectivity index (χ4n) is 2.45. The van der Waals surface area contributed by atoms with Gasteiger partial charge in [0.2, 0.25) is 0 Å².